The molecule has 21 heavy (non-hydrogen) atoms. The van der Waals surface area contributed by atoms with Gasteiger partial charge in [-0.1, -0.05) is 19.9 Å². The standard InChI is InChI=1S/C14H20ClNO4S/c1-4-20-9-13(10(2)3)16-14(17)11-6-5-7-12(8-11)21(15,18)19/h5-8,10,13H,4,9H2,1-3H3,(H,16,17). The van der Waals surface area contributed by atoms with E-state index in [-0.39, 0.29) is 28.3 Å². The highest BCUT2D eigenvalue weighted by molar-refractivity contribution is 8.13. The molecule has 1 unspecified atom stereocenters. The number of hydrogen-bond acceptors (Lipinski definition) is 4. The average Bonchev–Trinajstić information content (AvgIpc) is 2.42. The minimum Gasteiger partial charge on any atom is -0.380 e. The molecule has 1 rings (SSSR count). The van der Waals surface area contributed by atoms with Crippen LogP contribution in [0.1, 0.15) is 31.1 Å². The number of carbonyl (C=O) groups excluding carboxylic acids is 1. The lowest BCUT2D eigenvalue weighted by atomic mass is 10.0. The minimum atomic E-state index is -3.85. The molecule has 0 aliphatic carbocycles. The van der Waals surface area contributed by atoms with Gasteiger partial charge in [-0.2, -0.15) is 0 Å². The maximum absolute atomic E-state index is 12.2. The summed E-state index contributed by atoms with van der Waals surface area (Å²) in [4.78, 5) is 12.1. The summed E-state index contributed by atoms with van der Waals surface area (Å²) in [6, 6.07) is 5.49. The van der Waals surface area contributed by atoms with Crippen molar-refractivity contribution in [2.45, 2.75) is 31.7 Å². The lowest BCUT2D eigenvalue weighted by Crippen LogP contribution is -2.41. The molecule has 1 N–H and O–H groups in total. The van der Waals surface area contributed by atoms with Crippen molar-refractivity contribution in [1.29, 1.82) is 0 Å². The second kappa shape index (κ2) is 7.77. The van der Waals surface area contributed by atoms with Crippen LogP contribution in [0.2, 0.25) is 0 Å². The Bertz CT molecular complexity index is 586. The zero-order valence-corrected chi connectivity index (χ0v) is 13.9. The third kappa shape index (κ3) is 5.65. The molecule has 0 heterocycles. The Kier molecular flexibility index (Phi) is 6.64. The molecule has 7 heteroatoms. The largest absolute Gasteiger partial charge is 0.380 e. The van der Waals surface area contributed by atoms with Gasteiger partial charge >= 0.3 is 0 Å². The van der Waals surface area contributed by atoms with E-state index in [2.05, 4.69) is 5.32 Å². The Labute approximate surface area is 130 Å². The van der Waals surface area contributed by atoms with Crippen molar-refractivity contribution >= 4 is 25.6 Å². The highest BCUT2D eigenvalue weighted by Gasteiger charge is 2.19. The fourth-order valence-electron chi connectivity index (χ4n) is 1.69. The van der Waals surface area contributed by atoms with Gasteiger partial charge in [-0.15, -0.1) is 0 Å². The number of halogens is 1. The van der Waals surface area contributed by atoms with Crippen LogP contribution in [0.3, 0.4) is 0 Å². The molecule has 5 nitrogen and oxygen atoms in total. The summed E-state index contributed by atoms with van der Waals surface area (Å²) >= 11 is 0. The molecular weight excluding hydrogens is 314 g/mol. The fraction of sp³-hybridized carbons (Fsp3) is 0.500. The summed E-state index contributed by atoms with van der Waals surface area (Å²) in [5.41, 5.74) is 0.249. The van der Waals surface area contributed by atoms with E-state index in [9.17, 15) is 13.2 Å². The molecule has 0 fully saturated rings. The molecule has 1 amide bonds. The van der Waals surface area contributed by atoms with Crippen molar-refractivity contribution in [1.82, 2.24) is 5.32 Å². The minimum absolute atomic E-state index is 0.0947. The van der Waals surface area contributed by atoms with Gasteiger partial charge in [-0.25, -0.2) is 8.42 Å². The van der Waals surface area contributed by atoms with Crippen LogP contribution in [0, 0.1) is 5.92 Å². The third-order valence-electron chi connectivity index (χ3n) is 3.00. The molecule has 0 saturated carbocycles. The smallest absolute Gasteiger partial charge is 0.261 e. The van der Waals surface area contributed by atoms with E-state index in [1.54, 1.807) is 6.07 Å². The molecule has 0 radical (unpaired) electrons. The van der Waals surface area contributed by atoms with Crippen molar-refractivity contribution in [2.24, 2.45) is 5.92 Å². The number of benzene rings is 1. The van der Waals surface area contributed by atoms with Gasteiger partial charge in [0.05, 0.1) is 17.5 Å². The molecule has 0 aliphatic heterocycles. The third-order valence-corrected chi connectivity index (χ3v) is 4.35. The normalized spacial score (nSPS) is 13.2. The molecular formula is C14H20ClNO4S. The summed E-state index contributed by atoms with van der Waals surface area (Å²) in [7, 11) is 1.43. The van der Waals surface area contributed by atoms with Crippen LogP contribution in [0.4, 0.5) is 0 Å². The lowest BCUT2D eigenvalue weighted by Gasteiger charge is -2.22. The van der Waals surface area contributed by atoms with Crippen molar-refractivity contribution in [3.63, 3.8) is 0 Å². The van der Waals surface area contributed by atoms with E-state index in [1.165, 1.54) is 18.2 Å². The number of rotatable bonds is 7. The summed E-state index contributed by atoms with van der Waals surface area (Å²) in [6.07, 6.45) is 0. The molecule has 0 aromatic heterocycles. The monoisotopic (exact) mass is 333 g/mol. The summed E-state index contributed by atoms with van der Waals surface area (Å²) in [5.74, 6) is -0.156. The van der Waals surface area contributed by atoms with Gasteiger partial charge in [0.25, 0.3) is 15.0 Å². The van der Waals surface area contributed by atoms with Crippen molar-refractivity contribution in [2.75, 3.05) is 13.2 Å². The molecule has 0 spiro atoms. The van der Waals surface area contributed by atoms with Gasteiger partial charge in [-0.3, -0.25) is 4.79 Å². The van der Waals surface area contributed by atoms with Crippen LogP contribution in [0.25, 0.3) is 0 Å². The van der Waals surface area contributed by atoms with Crippen LogP contribution in [-0.4, -0.2) is 33.6 Å². The highest BCUT2D eigenvalue weighted by atomic mass is 35.7. The molecule has 1 aromatic rings. The van der Waals surface area contributed by atoms with E-state index in [1.807, 2.05) is 20.8 Å². The van der Waals surface area contributed by atoms with E-state index in [0.29, 0.717) is 13.2 Å². The van der Waals surface area contributed by atoms with Crippen LogP contribution < -0.4 is 5.32 Å². The van der Waals surface area contributed by atoms with E-state index < -0.39 is 9.05 Å². The Hall–Kier alpha value is -1.11. The van der Waals surface area contributed by atoms with Gasteiger partial charge in [0, 0.05) is 22.9 Å². The summed E-state index contributed by atoms with van der Waals surface area (Å²) in [5, 5.41) is 2.84. The van der Waals surface area contributed by atoms with Gasteiger partial charge in [0.2, 0.25) is 0 Å². The number of nitrogens with one attached hydrogen (secondary N) is 1. The maximum Gasteiger partial charge on any atom is 0.261 e. The summed E-state index contributed by atoms with van der Waals surface area (Å²) in [6.45, 7) is 6.81. The zero-order valence-electron chi connectivity index (χ0n) is 12.3. The van der Waals surface area contributed by atoms with Crippen LogP contribution in [-0.2, 0) is 13.8 Å². The van der Waals surface area contributed by atoms with E-state index >= 15 is 0 Å². The van der Waals surface area contributed by atoms with Gasteiger partial charge in [0.1, 0.15) is 0 Å². The predicted octanol–water partition coefficient (Wildman–Crippen LogP) is 2.41. The van der Waals surface area contributed by atoms with E-state index in [0.717, 1.165) is 0 Å². The second-order valence-corrected chi connectivity index (χ2v) is 7.52. The molecule has 1 atom stereocenters. The number of carbonyl (C=O) groups is 1. The quantitative estimate of drug-likeness (QED) is 0.778. The van der Waals surface area contributed by atoms with E-state index in [4.69, 9.17) is 15.4 Å². The highest BCUT2D eigenvalue weighted by Crippen LogP contribution is 2.16. The van der Waals surface area contributed by atoms with Crippen LogP contribution >= 0.6 is 10.7 Å². The van der Waals surface area contributed by atoms with Crippen LogP contribution in [0.5, 0.6) is 0 Å². The number of hydrogen-bond donors (Lipinski definition) is 1. The van der Waals surface area contributed by atoms with Gasteiger partial charge in [-0.05, 0) is 31.0 Å². The first kappa shape index (κ1) is 17.9. The number of amides is 1. The first-order valence-electron chi connectivity index (χ1n) is 6.69. The molecule has 1 aromatic carbocycles. The molecule has 0 aliphatic rings. The molecule has 0 saturated heterocycles. The Morgan fingerprint density at radius 1 is 1.38 bits per heavy atom. The van der Waals surface area contributed by atoms with Gasteiger partial charge in [0.15, 0.2) is 0 Å². The van der Waals surface area contributed by atoms with Crippen LogP contribution in [0.15, 0.2) is 29.2 Å². The van der Waals surface area contributed by atoms with Gasteiger partial charge < -0.3 is 10.1 Å². The Balaban J connectivity index is 2.88. The second-order valence-electron chi connectivity index (χ2n) is 4.95. The zero-order chi connectivity index (χ0) is 16.0. The molecule has 118 valence electrons. The predicted molar refractivity (Wildman–Crippen MR) is 82.1 cm³/mol. The van der Waals surface area contributed by atoms with Crippen molar-refractivity contribution in [3.05, 3.63) is 29.8 Å². The Morgan fingerprint density at radius 2 is 2.05 bits per heavy atom. The number of ether oxygens (including phenoxy) is 1. The topological polar surface area (TPSA) is 72.5 Å². The van der Waals surface area contributed by atoms with Crippen molar-refractivity contribution in [3.8, 4) is 0 Å². The average molecular weight is 334 g/mol. The first-order valence-corrected chi connectivity index (χ1v) is 9.00. The van der Waals surface area contributed by atoms with Crippen molar-refractivity contribution < 1.29 is 17.9 Å². The SMILES string of the molecule is CCOCC(NC(=O)c1cccc(S(=O)(=O)Cl)c1)C(C)C. The lowest BCUT2D eigenvalue weighted by molar-refractivity contribution is 0.0806. The molecule has 0 bridgehead atoms. The first-order chi connectivity index (χ1) is 9.75. The fourth-order valence-corrected chi connectivity index (χ4v) is 2.48. The summed E-state index contributed by atoms with van der Waals surface area (Å²) < 4.78 is 27.9. The maximum atomic E-state index is 12.2. The Morgan fingerprint density at radius 3 is 2.57 bits per heavy atom.